The quantitative estimate of drug-likeness (QED) is 0.377. The second kappa shape index (κ2) is 7.03. The van der Waals surface area contributed by atoms with Crippen molar-refractivity contribution in [3.05, 3.63) is 38.9 Å². The summed E-state index contributed by atoms with van der Waals surface area (Å²) in [6.07, 6.45) is 0. The third-order valence-corrected chi connectivity index (χ3v) is 4.63. The number of halogens is 1. The number of carbonyl (C=O) groups is 1. The first kappa shape index (κ1) is 16.7. The Bertz CT molecular complexity index is 720. The number of nitrogens with one attached hydrogen (secondary N) is 1. The predicted octanol–water partition coefficient (Wildman–Crippen LogP) is 3.85. The van der Waals surface area contributed by atoms with Crippen molar-refractivity contribution in [3.63, 3.8) is 0 Å². The first-order valence-electron chi connectivity index (χ1n) is 6.12. The minimum absolute atomic E-state index is 0.0177. The first-order valence-corrected chi connectivity index (χ1v) is 8.19. The van der Waals surface area contributed by atoms with Crippen molar-refractivity contribution >= 4 is 51.4 Å². The van der Waals surface area contributed by atoms with Crippen LogP contribution in [0.5, 0.6) is 0 Å². The number of thioether (sulfide) groups is 1. The van der Waals surface area contributed by atoms with E-state index in [1.807, 2.05) is 13.8 Å². The summed E-state index contributed by atoms with van der Waals surface area (Å²) >= 11 is 8.68. The molecule has 0 aliphatic carbocycles. The summed E-state index contributed by atoms with van der Waals surface area (Å²) in [4.78, 5) is 22.3. The molecule has 22 heavy (non-hydrogen) atoms. The summed E-state index contributed by atoms with van der Waals surface area (Å²) < 4.78 is 0.732. The lowest BCUT2D eigenvalue weighted by molar-refractivity contribution is -0.384. The third-order valence-electron chi connectivity index (χ3n) is 2.37. The van der Waals surface area contributed by atoms with E-state index >= 15 is 0 Å². The Morgan fingerprint density at radius 3 is 2.82 bits per heavy atom. The van der Waals surface area contributed by atoms with Gasteiger partial charge in [0.05, 0.1) is 15.5 Å². The van der Waals surface area contributed by atoms with Crippen LogP contribution in [0.4, 0.5) is 10.8 Å². The van der Waals surface area contributed by atoms with Gasteiger partial charge in [-0.3, -0.25) is 20.2 Å². The summed E-state index contributed by atoms with van der Waals surface area (Å²) in [6.45, 7) is 4.04. The van der Waals surface area contributed by atoms with Gasteiger partial charge in [-0.2, -0.15) is 0 Å². The van der Waals surface area contributed by atoms with Crippen molar-refractivity contribution in [3.8, 4) is 0 Å². The normalized spacial score (nSPS) is 10.7. The summed E-state index contributed by atoms with van der Waals surface area (Å²) in [5.74, 6) is -0.564. The summed E-state index contributed by atoms with van der Waals surface area (Å²) in [5, 5.41) is 21.9. The molecule has 116 valence electrons. The Labute approximate surface area is 139 Å². The zero-order chi connectivity index (χ0) is 16.3. The molecule has 0 unspecified atom stereocenters. The van der Waals surface area contributed by atoms with Gasteiger partial charge in [0.15, 0.2) is 4.34 Å². The van der Waals surface area contributed by atoms with Crippen LogP contribution in [0, 0.1) is 10.1 Å². The van der Waals surface area contributed by atoms with Crippen molar-refractivity contribution in [1.29, 1.82) is 0 Å². The lowest BCUT2D eigenvalue weighted by Gasteiger charge is -2.03. The zero-order valence-corrected chi connectivity index (χ0v) is 14.0. The van der Waals surface area contributed by atoms with Gasteiger partial charge in [0.2, 0.25) is 5.13 Å². The summed E-state index contributed by atoms with van der Waals surface area (Å²) in [5.41, 5.74) is -0.188. The van der Waals surface area contributed by atoms with Crippen LogP contribution in [-0.2, 0) is 0 Å². The maximum absolute atomic E-state index is 12.2. The molecular formula is C12H11ClN4O3S2. The standard InChI is InChI=1S/C12H11ClN4O3S2/c1-6(2)21-12-16-15-11(22-12)14-10(18)8-5-7(17(19)20)3-4-9(8)13/h3-6H,1-2H3,(H,14,15,18). The number of amides is 1. The van der Waals surface area contributed by atoms with E-state index in [0.717, 1.165) is 10.4 Å². The minimum Gasteiger partial charge on any atom is -0.296 e. The average Bonchev–Trinajstić information content (AvgIpc) is 2.85. The number of nitro groups is 1. The van der Waals surface area contributed by atoms with Crippen LogP contribution in [0.15, 0.2) is 22.5 Å². The molecule has 0 spiro atoms. The van der Waals surface area contributed by atoms with Gasteiger partial charge in [-0.25, -0.2) is 0 Å². The number of benzene rings is 1. The molecule has 0 atom stereocenters. The van der Waals surface area contributed by atoms with Crippen LogP contribution < -0.4 is 5.32 Å². The van der Waals surface area contributed by atoms with E-state index in [-0.39, 0.29) is 16.3 Å². The van der Waals surface area contributed by atoms with Gasteiger partial charge in [-0.15, -0.1) is 10.2 Å². The fourth-order valence-corrected chi connectivity index (χ4v) is 3.65. The molecule has 1 heterocycles. The fraction of sp³-hybridized carbons (Fsp3) is 0.250. The largest absolute Gasteiger partial charge is 0.296 e. The van der Waals surface area contributed by atoms with Gasteiger partial charge >= 0.3 is 0 Å². The van der Waals surface area contributed by atoms with Crippen LogP contribution in [0.1, 0.15) is 24.2 Å². The fourth-order valence-electron chi connectivity index (χ4n) is 1.47. The van der Waals surface area contributed by atoms with Crippen molar-refractivity contribution in [2.45, 2.75) is 23.4 Å². The predicted molar refractivity (Wildman–Crippen MR) is 87.0 cm³/mol. The van der Waals surface area contributed by atoms with E-state index in [0.29, 0.717) is 10.4 Å². The molecule has 0 bridgehead atoms. The molecule has 0 saturated carbocycles. The highest BCUT2D eigenvalue weighted by atomic mass is 35.5. The number of non-ortho nitro benzene ring substituents is 1. The molecule has 0 radical (unpaired) electrons. The highest BCUT2D eigenvalue weighted by molar-refractivity contribution is 8.01. The number of carbonyl (C=O) groups excluding carboxylic acids is 1. The Morgan fingerprint density at radius 2 is 2.18 bits per heavy atom. The van der Waals surface area contributed by atoms with Gasteiger partial charge in [-0.05, 0) is 6.07 Å². The maximum Gasteiger partial charge on any atom is 0.270 e. The van der Waals surface area contributed by atoms with E-state index in [9.17, 15) is 14.9 Å². The molecule has 0 fully saturated rings. The molecule has 0 aliphatic heterocycles. The number of nitro benzene ring substituents is 1. The molecule has 1 N–H and O–H groups in total. The smallest absolute Gasteiger partial charge is 0.270 e. The van der Waals surface area contributed by atoms with Crippen molar-refractivity contribution in [2.75, 3.05) is 5.32 Å². The van der Waals surface area contributed by atoms with Crippen LogP contribution in [0.25, 0.3) is 0 Å². The molecule has 10 heteroatoms. The molecule has 0 saturated heterocycles. The van der Waals surface area contributed by atoms with Crippen LogP contribution >= 0.6 is 34.7 Å². The van der Waals surface area contributed by atoms with Crippen molar-refractivity contribution in [2.24, 2.45) is 0 Å². The number of nitrogens with zero attached hydrogens (tertiary/aromatic N) is 3. The van der Waals surface area contributed by atoms with Crippen LogP contribution in [0.3, 0.4) is 0 Å². The van der Waals surface area contributed by atoms with Gasteiger partial charge in [0, 0.05) is 17.4 Å². The second-order valence-electron chi connectivity index (χ2n) is 4.42. The average molecular weight is 359 g/mol. The first-order chi connectivity index (χ1) is 10.4. The number of aromatic nitrogens is 2. The zero-order valence-electron chi connectivity index (χ0n) is 11.6. The van der Waals surface area contributed by atoms with E-state index in [1.54, 1.807) is 0 Å². The monoisotopic (exact) mass is 358 g/mol. The molecule has 2 aromatic rings. The van der Waals surface area contributed by atoms with Gasteiger partial charge in [0.1, 0.15) is 0 Å². The Hall–Kier alpha value is -1.71. The molecule has 2 rings (SSSR count). The molecule has 1 aromatic carbocycles. The number of hydrogen-bond donors (Lipinski definition) is 1. The molecular weight excluding hydrogens is 348 g/mol. The van der Waals surface area contributed by atoms with E-state index in [4.69, 9.17) is 11.6 Å². The number of anilines is 1. The molecule has 0 aliphatic rings. The SMILES string of the molecule is CC(C)Sc1nnc(NC(=O)c2cc([N+](=O)[O-])ccc2Cl)s1. The second-order valence-corrected chi connectivity index (χ2v) is 7.62. The van der Waals surface area contributed by atoms with Crippen molar-refractivity contribution < 1.29 is 9.72 Å². The third kappa shape index (κ3) is 4.15. The van der Waals surface area contributed by atoms with E-state index in [1.165, 1.54) is 35.2 Å². The minimum atomic E-state index is -0.588. The van der Waals surface area contributed by atoms with Gasteiger partial charge in [0.25, 0.3) is 11.6 Å². The summed E-state index contributed by atoms with van der Waals surface area (Å²) in [7, 11) is 0. The van der Waals surface area contributed by atoms with Gasteiger partial charge in [-0.1, -0.05) is 48.5 Å². The van der Waals surface area contributed by atoms with Crippen molar-refractivity contribution in [1.82, 2.24) is 10.2 Å². The van der Waals surface area contributed by atoms with E-state index in [2.05, 4.69) is 15.5 Å². The van der Waals surface area contributed by atoms with E-state index < -0.39 is 10.8 Å². The topological polar surface area (TPSA) is 98.0 Å². The Balaban J connectivity index is 2.17. The molecule has 1 aromatic heterocycles. The molecule has 1 amide bonds. The highest BCUT2D eigenvalue weighted by Gasteiger charge is 2.17. The maximum atomic E-state index is 12.2. The highest BCUT2D eigenvalue weighted by Crippen LogP contribution is 2.29. The van der Waals surface area contributed by atoms with Crippen LogP contribution in [0.2, 0.25) is 5.02 Å². The summed E-state index contributed by atoms with van der Waals surface area (Å²) in [6, 6.07) is 3.68. The number of rotatable bonds is 5. The lowest BCUT2D eigenvalue weighted by Crippen LogP contribution is -2.12. The molecule has 7 nitrogen and oxygen atoms in total. The van der Waals surface area contributed by atoms with Crippen LogP contribution in [-0.4, -0.2) is 26.3 Å². The number of hydrogen-bond acceptors (Lipinski definition) is 7. The van der Waals surface area contributed by atoms with Gasteiger partial charge < -0.3 is 0 Å². The Morgan fingerprint density at radius 1 is 1.45 bits per heavy atom. The Kier molecular flexibility index (Phi) is 5.33. The lowest BCUT2D eigenvalue weighted by atomic mass is 10.2.